The Hall–Kier alpha value is -1.55. The summed E-state index contributed by atoms with van der Waals surface area (Å²) in [5.41, 5.74) is 2.09. The van der Waals surface area contributed by atoms with Gasteiger partial charge in [-0.1, -0.05) is 25.0 Å². The number of hydrogen-bond acceptors (Lipinski definition) is 2. The van der Waals surface area contributed by atoms with Gasteiger partial charge in [-0.15, -0.1) is 0 Å². The number of amides is 2. The normalized spacial score (nSPS) is 15.9. The molecule has 4 heteroatoms. The van der Waals surface area contributed by atoms with Crippen molar-refractivity contribution in [1.82, 2.24) is 10.2 Å². The van der Waals surface area contributed by atoms with E-state index in [1.807, 2.05) is 36.2 Å². The van der Waals surface area contributed by atoms with Crippen LogP contribution in [-0.2, 0) is 6.54 Å². The average Bonchev–Trinajstić information content (AvgIpc) is 2.70. The molecule has 4 nitrogen and oxygen atoms in total. The van der Waals surface area contributed by atoms with Crippen LogP contribution in [0.25, 0.3) is 0 Å². The van der Waals surface area contributed by atoms with Gasteiger partial charge in [0.2, 0.25) is 0 Å². The molecular formula is C15H23N3O. The minimum atomic E-state index is 0.0308. The number of benzene rings is 1. The second kappa shape index (κ2) is 7.14. The van der Waals surface area contributed by atoms with Crippen molar-refractivity contribution in [1.29, 1.82) is 0 Å². The summed E-state index contributed by atoms with van der Waals surface area (Å²) in [7, 11) is 1.93. The number of rotatable bonds is 3. The topological polar surface area (TPSA) is 44.4 Å². The van der Waals surface area contributed by atoms with E-state index in [2.05, 4.69) is 10.6 Å². The fourth-order valence-corrected chi connectivity index (χ4v) is 2.39. The quantitative estimate of drug-likeness (QED) is 0.878. The first-order valence-corrected chi connectivity index (χ1v) is 7.09. The standard InChI is InChI=1S/C15H23N3O/c1-16-12-13-6-8-14(9-7-13)17-15(19)18-10-4-2-3-5-11-18/h6-9,16H,2-5,10-12H2,1H3,(H,17,19). The molecule has 1 aromatic rings. The number of nitrogens with one attached hydrogen (secondary N) is 2. The molecule has 0 aliphatic carbocycles. The molecule has 1 aliphatic rings. The Labute approximate surface area is 115 Å². The first kappa shape index (κ1) is 13.9. The molecule has 0 spiro atoms. The van der Waals surface area contributed by atoms with Crippen LogP contribution in [0.3, 0.4) is 0 Å². The van der Waals surface area contributed by atoms with Gasteiger partial charge in [0, 0.05) is 25.3 Å². The third kappa shape index (κ3) is 4.24. The van der Waals surface area contributed by atoms with Gasteiger partial charge in [0.25, 0.3) is 0 Å². The maximum absolute atomic E-state index is 12.1. The molecule has 0 saturated carbocycles. The molecule has 104 valence electrons. The fourth-order valence-electron chi connectivity index (χ4n) is 2.39. The summed E-state index contributed by atoms with van der Waals surface area (Å²) in [6.07, 6.45) is 4.72. The van der Waals surface area contributed by atoms with Gasteiger partial charge in [-0.05, 0) is 37.6 Å². The van der Waals surface area contributed by atoms with Crippen molar-refractivity contribution in [2.45, 2.75) is 32.2 Å². The maximum Gasteiger partial charge on any atom is 0.321 e. The fraction of sp³-hybridized carbons (Fsp3) is 0.533. The number of nitrogens with zero attached hydrogens (tertiary/aromatic N) is 1. The lowest BCUT2D eigenvalue weighted by atomic mass is 10.2. The Morgan fingerprint density at radius 1 is 1.11 bits per heavy atom. The first-order valence-electron chi connectivity index (χ1n) is 7.09. The Balaban J connectivity index is 1.90. The minimum Gasteiger partial charge on any atom is -0.325 e. The van der Waals surface area contributed by atoms with Crippen molar-refractivity contribution in [2.75, 3.05) is 25.5 Å². The molecule has 2 N–H and O–H groups in total. The Bertz CT molecular complexity index is 394. The molecule has 1 fully saturated rings. The zero-order valence-electron chi connectivity index (χ0n) is 11.6. The number of hydrogen-bond donors (Lipinski definition) is 2. The van der Waals surface area contributed by atoms with Crippen LogP contribution in [0, 0.1) is 0 Å². The summed E-state index contributed by atoms with van der Waals surface area (Å²) in [4.78, 5) is 14.1. The first-order chi connectivity index (χ1) is 9.29. The molecular weight excluding hydrogens is 238 g/mol. The third-order valence-corrected chi connectivity index (χ3v) is 3.48. The van der Waals surface area contributed by atoms with E-state index in [4.69, 9.17) is 0 Å². The zero-order valence-corrected chi connectivity index (χ0v) is 11.6. The molecule has 19 heavy (non-hydrogen) atoms. The summed E-state index contributed by atoms with van der Waals surface area (Å²) in [6.45, 7) is 2.60. The van der Waals surface area contributed by atoms with Crippen molar-refractivity contribution in [3.63, 3.8) is 0 Å². The highest BCUT2D eigenvalue weighted by Gasteiger charge is 2.15. The molecule has 1 heterocycles. The van der Waals surface area contributed by atoms with E-state index in [0.717, 1.165) is 38.2 Å². The van der Waals surface area contributed by atoms with Crippen LogP contribution >= 0.6 is 0 Å². The van der Waals surface area contributed by atoms with E-state index in [9.17, 15) is 4.79 Å². The van der Waals surface area contributed by atoms with Crippen LogP contribution < -0.4 is 10.6 Å². The number of likely N-dealkylation sites (tertiary alicyclic amines) is 1. The Morgan fingerprint density at radius 3 is 2.32 bits per heavy atom. The van der Waals surface area contributed by atoms with Crippen LogP contribution in [0.5, 0.6) is 0 Å². The average molecular weight is 261 g/mol. The van der Waals surface area contributed by atoms with Crippen molar-refractivity contribution >= 4 is 11.7 Å². The van der Waals surface area contributed by atoms with E-state index in [1.54, 1.807) is 0 Å². The smallest absolute Gasteiger partial charge is 0.321 e. The lowest BCUT2D eigenvalue weighted by molar-refractivity contribution is 0.214. The van der Waals surface area contributed by atoms with Gasteiger partial charge in [0.1, 0.15) is 0 Å². The van der Waals surface area contributed by atoms with E-state index in [0.29, 0.717) is 0 Å². The van der Waals surface area contributed by atoms with E-state index in [1.165, 1.54) is 18.4 Å². The van der Waals surface area contributed by atoms with Crippen molar-refractivity contribution < 1.29 is 4.79 Å². The highest BCUT2D eigenvalue weighted by Crippen LogP contribution is 2.13. The second-order valence-electron chi connectivity index (χ2n) is 5.06. The summed E-state index contributed by atoms with van der Waals surface area (Å²) < 4.78 is 0. The van der Waals surface area contributed by atoms with Crippen LogP contribution in [0.15, 0.2) is 24.3 Å². The van der Waals surface area contributed by atoms with E-state index >= 15 is 0 Å². The van der Waals surface area contributed by atoms with Gasteiger partial charge in [-0.25, -0.2) is 4.79 Å². The maximum atomic E-state index is 12.1. The number of carbonyl (C=O) groups excluding carboxylic acids is 1. The van der Waals surface area contributed by atoms with Crippen LogP contribution in [-0.4, -0.2) is 31.1 Å². The monoisotopic (exact) mass is 261 g/mol. The van der Waals surface area contributed by atoms with Crippen LogP contribution in [0.4, 0.5) is 10.5 Å². The van der Waals surface area contributed by atoms with E-state index < -0.39 is 0 Å². The van der Waals surface area contributed by atoms with Crippen molar-refractivity contribution in [3.8, 4) is 0 Å². The SMILES string of the molecule is CNCc1ccc(NC(=O)N2CCCCCC2)cc1. The molecule has 2 rings (SSSR count). The van der Waals surface area contributed by atoms with Gasteiger partial charge in [0.15, 0.2) is 0 Å². The number of urea groups is 1. The van der Waals surface area contributed by atoms with E-state index in [-0.39, 0.29) is 6.03 Å². The highest BCUT2D eigenvalue weighted by atomic mass is 16.2. The molecule has 0 atom stereocenters. The minimum absolute atomic E-state index is 0.0308. The predicted octanol–water partition coefficient (Wildman–Crippen LogP) is 2.81. The molecule has 0 bridgehead atoms. The molecule has 1 saturated heterocycles. The summed E-state index contributed by atoms with van der Waals surface area (Å²) in [5.74, 6) is 0. The van der Waals surface area contributed by atoms with Gasteiger partial charge < -0.3 is 15.5 Å². The lowest BCUT2D eigenvalue weighted by Crippen LogP contribution is -2.35. The molecule has 1 aromatic carbocycles. The van der Waals surface area contributed by atoms with Crippen molar-refractivity contribution in [3.05, 3.63) is 29.8 Å². The van der Waals surface area contributed by atoms with Crippen LogP contribution in [0.2, 0.25) is 0 Å². The lowest BCUT2D eigenvalue weighted by Gasteiger charge is -2.20. The second-order valence-corrected chi connectivity index (χ2v) is 5.06. The molecule has 0 aromatic heterocycles. The summed E-state index contributed by atoms with van der Waals surface area (Å²) in [6, 6.07) is 8.02. The summed E-state index contributed by atoms with van der Waals surface area (Å²) >= 11 is 0. The van der Waals surface area contributed by atoms with Gasteiger partial charge >= 0.3 is 6.03 Å². The Kier molecular flexibility index (Phi) is 5.21. The molecule has 0 radical (unpaired) electrons. The Morgan fingerprint density at radius 2 is 1.74 bits per heavy atom. The third-order valence-electron chi connectivity index (χ3n) is 3.48. The number of carbonyl (C=O) groups is 1. The van der Waals surface area contributed by atoms with Gasteiger partial charge in [0.05, 0.1) is 0 Å². The predicted molar refractivity (Wildman–Crippen MR) is 78.3 cm³/mol. The number of anilines is 1. The molecule has 0 unspecified atom stereocenters. The molecule has 2 amide bonds. The van der Waals surface area contributed by atoms with Crippen molar-refractivity contribution in [2.24, 2.45) is 0 Å². The largest absolute Gasteiger partial charge is 0.325 e. The van der Waals surface area contributed by atoms with Crippen LogP contribution in [0.1, 0.15) is 31.2 Å². The summed E-state index contributed by atoms with van der Waals surface area (Å²) in [5, 5.41) is 6.08. The van der Waals surface area contributed by atoms with Gasteiger partial charge in [-0.2, -0.15) is 0 Å². The van der Waals surface area contributed by atoms with Gasteiger partial charge in [-0.3, -0.25) is 0 Å². The zero-order chi connectivity index (χ0) is 13.5. The molecule has 1 aliphatic heterocycles. The highest BCUT2D eigenvalue weighted by molar-refractivity contribution is 5.89.